The standard InChI is InChI=1S/C18H30O4Si/c1-7-8-9-10-15(18(19)22-23(4,5)6)14-11-12-16(20-2)17(13-14)21-3/h11-13,15H,7-10H2,1-6H3. The molecule has 5 heteroatoms. The normalized spacial score (nSPS) is 12.6. The van der Waals surface area contributed by atoms with Gasteiger partial charge in [-0.05, 0) is 43.8 Å². The van der Waals surface area contributed by atoms with Crippen LogP contribution >= 0.6 is 0 Å². The van der Waals surface area contributed by atoms with Gasteiger partial charge >= 0.3 is 0 Å². The van der Waals surface area contributed by atoms with Gasteiger partial charge in [0.15, 0.2) is 11.5 Å². The highest BCUT2D eigenvalue weighted by Crippen LogP contribution is 2.33. The summed E-state index contributed by atoms with van der Waals surface area (Å²) in [5.74, 6) is 0.953. The van der Waals surface area contributed by atoms with E-state index >= 15 is 0 Å². The van der Waals surface area contributed by atoms with Crippen LogP contribution in [0.25, 0.3) is 0 Å². The van der Waals surface area contributed by atoms with Gasteiger partial charge in [-0.3, -0.25) is 4.79 Å². The molecule has 1 atom stereocenters. The van der Waals surface area contributed by atoms with E-state index in [9.17, 15) is 4.79 Å². The van der Waals surface area contributed by atoms with E-state index in [1.165, 1.54) is 0 Å². The molecule has 0 spiro atoms. The highest BCUT2D eigenvalue weighted by Gasteiger charge is 2.28. The van der Waals surface area contributed by atoms with Crippen molar-refractivity contribution in [3.05, 3.63) is 23.8 Å². The van der Waals surface area contributed by atoms with Crippen molar-refractivity contribution in [1.82, 2.24) is 0 Å². The first kappa shape index (κ1) is 19.6. The summed E-state index contributed by atoms with van der Waals surface area (Å²) in [6, 6.07) is 5.67. The van der Waals surface area contributed by atoms with Gasteiger partial charge in [0.05, 0.1) is 20.1 Å². The molecule has 1 rings (SSSR count). The molecular formula is C18H30O4Si. The highest BCUT2D eigenvalue weighted by molar-refractivity contribution is 6.71. The average Bonchev–Trinajstić information content (AvgIpc) is 2.49. The van der Waals surface area contributed by atoms with Crippen LogP contribution in [0.5, 0.6) is 11.5 Å². The van der Waals surface area contributed by atoms with E-state index in [1.807, 2.05) is 37.8 Å². The van der Waals surface area contributed by atoms with Crippen molar-refractivity contribution in [2.75, 3.05) is 14.2 Å². The van der Waals surface area contributed by atoms with E-state index in [2.05, 4.69) is 6.92 Å². The minimum atomic E-state index is -1.91. The average molecular weight is 339 g/mol. The Morgan fingerprint density at radius 2 is 1.74 bits per heavy atom. The summed E-state index contributed by atoms with van der Waals surface area (Å²) in [7, 11) is 1.30. The molecule has 1 aromatic rings. The summed E-state index contributed by atoms with van der Waals surface area (Å²) in [5, 5.41) is 0. The molecule has 130 valence electrons. The number of ether oxygens (including phenoxy) is 2. The second-order valence-corrected chi connectivity index (χ2v) is 11.1. The topological polar surface area (TPSA) is 44.8 Å². The molecule has 0 saturated carbocycles. The third-order valence-electron chi connectivity index (χ3n) is 3.60. The number of hydrogen-bond donors (Lipinski definition) is 0. The number of unbranched alkanes of at least 4 members (excludes halogenated alkanes) is 2. The molecule has 0 N–H and O–H groups in total. The Labute approximate surface area is 141 Å². The Bertz CT molecular complexity index is 508. The van der Waals surface area contributed by atoms with E-state index in [1.54, 1.807) is 14.2 Å². The molecule has 23 heavy (non-hydrogen) atoms. The largest absolute Gasteiger partial charge is 0.519 e. The Morgan fingerprint density at radius 3 is 2.26 bits per heavy atom. The van der Waals surface area contributed by atoms with Crippen LogP contribution in [-0.4, -0.2) is 28.5 Å². The summed E-state index contributed by atoms with van der Waals surface area (Å²) in [5.41, 5.74) is 0.932. The van der Waals surface area contributed by atoms with Crippen molar-refractivity contribution in [2.24, 2.45) is 0 Å². The van der Waals surface area contributed by atoms with Gasteiger partial charge < -0.3 is 13.9 Å². The Hall–Kier alpha value is -1.49. The summed E-state index contributed by atoms with van der Waals surface area (Å²) in [6.07, 6.45) is 4.05. The third-order valence-corrected chi connectivity index (χ3v) is 4.41. The minimum absolute atomic E-state index is 0.118. The van der Waals surface area contributed by atoms with Crippen LogP contribution in [0.4, 0.5) is 0 Å². The highest BCUT2D eigenvalue weighted by atomic mass is 28.4. The molecule has 0 aliphatic heterocycles. The molecule has 0 bridgehead atoms. The van der Waals surface area contributed by atoms with Gasteiger partial charge in [-0.1, -0.05) is 32.3 Å². The fraction of sp³-hybridized carbons (Fsp3) is 0.611. The van der Waals surface area contributed by atoms with Crippen molar-refractivity contribution < 1.29 is 18.7 Å². The summed E-state index contributed by atoms with van der Waals surface area (Å²) < 4.78 is 16.4. The SMILES string of the molecule is CCCCCC(C(=O)O[Si](C)(C)C)c1ccc(OC)c(OC)c1. The molecule has 1 aromatic carbocycles. The quantitative estimate of drug-likeness (QED) is 0.481. The van der Waals surface area contributed by atoms with Gasteiger partial charge in [0.25, 0.3) is 5.97 Å². The second kappa shape index (κ2) is 8.96. The lowest BCUT2D eigenvalue weighted by Crippen LogP contribution is -2.32. The maximum atomic E-state index is 12.6. The third kappa shape index (κ3) is 6.26. The minimum Gasteiger partial charge on any atom is -0.519 e. The van der Waals surface area contributed by atoms with Crippen molar-refractivity contribution in [2.45, 2.75) is 58.2 Å². The maximum absolute atomic E-state index is 12.6. The van der Waals surface area contributed by atoms with Gasteiger partial charge in [-0.15, -0.1) is 0 Å². The molecule has 0 amide bonds. The smallest absolute Gasteiger partial charge is 0.300 e. The first-order chi connectivity index (χ1) is 10.8. The summed E-state index contributed by atoms with van der Waals surface area (Å²) in [6.45, 7) is 8.25. The van der Waals surface area contributed by atoms with Crippen LogP contribution in [0, 0.1) is 0 Å². The number of benzene rings is 1. The van der Waals surface area contributed by atoms with Gasteiger partial charge in [0.1, 0.15) is 0 Å². The van der Waals surface area contributed by atoms with Crippen LogP contribution in [-0.2, 0) is 9.22 Å². The fourth-order valence-electron chi connectivity index (χ4n) is 2.46. The molecule has 0 aliphatic carbocycles. The molecule has 0 aromatic heterocycles. The van der Waals surface area contributed by atoms with E-state index in [0.29, 0.717) is 11.5 Å². The maximum Gasteiger partial charge on any atom is 0.300 e. The van der Waals surface area contributed by atoms with E-state index in [-0.39, 0.29) is 11.9 Å². The fourth-order valence-corrected chi connectivity index (χ4v) is 3.21. The first-order valence-electron chi connectivity index (χ1n) is 8.27. The van der Waals surface area contributed by atoms with Crippen LogP contribution in [0.3, 0.4) is 0 Å². The molecule has 0 aliphatic rings. The zero-order valence-corrected chi connectivity index (χ0v) is 16.3. The van der Waals surface area contributed by atoms with E-state index in [4.69, 9.17) is 13.9 Å². The lowest BCUT2D eigenvalue weighted by molar-refractivity contribution is -0.137. The lowest BCUT2D eigenvalue weighted by atomic mass is 9.93. The van der Waals surface area contributed by atoms with Crippen LogP contribution in [0.2, 0.25) is 19.6 Å². The molecule has 0 radical (unpaired) electrons. The van der Waals surface area contributed by atoms with E-state index < -0.39 is 8.32 Å². The zero-order valence-electron chi connectivity index (χ0n) is 15.3. The molecule has 4 nitrogen and oxygen atoms in total. The van der Waals surface area contributed by atoms with Crippen LogP contribution in [0.15, 0.2) is 18.2 Å². The van der Waals surface area contributed by atoms with Crippen LogP contribution in [0.1, 0.15) is 44.1 Å². The van der Waals surface area contributed by atoms with Crippen molar-refractivity contribution in [1.29, 1.82) is 0 Å². The molecule has 1 unspecified atom stereocenters. The van der Waals surface area contributed by atoms with Gasteiger partial charge in [0, 0.05) is 0 Å². The molecule has 0 fully saturated rings. The monoisotopic (exact) mass is 338 g/mol. The van der Waals surface area contributed by atoms with Crippen LogP contribution < -0.4 is 9.47 Å². The number of rotatable bonds is 9. The number of carbonyl (C=O) groups is 1. The van der Waals surface area contributed by atoms with Crippen molar-refractivity contribution in [3.8, 4) is 11.5 Å². The first-order valence-corrected chi connectivity index (χ1v) is 11.7. The van der Waals surface area contributed by atoms with Crippen molar-refractivity contribution in [3.63, 3.8) is 0 Å². The van der Waals surface area contributed by atoms with Gasteiger partial charge in [-0.25, -0.2) is 0 Å². The van der Waals surface area contributed by atoms with E-state index in [0.717, 1.165) is 31.2 Å². The lowest BCUT2D eigenvalue weighted by Gasteiger charge is -2.23. The predicted octanol–water partition coefficient (Wildman–Crippen LogP) is 4.75. The molecule has 0 heterocycles. The van der Waals surface area contributed by atoms with Crippen molar-refractivity contribution >= 4 is 14.3 Å². The Morgan fingerprint density at radius 1 is 1.09 bits per heavy atom. The summed E-state index contributed by atoms with van der Waals surface area (Å²) in [4.78, 5) is 12.6. The Kier molecular flexibility index (Phi) is 7.62. The summed E-state index contributed by atoms with van der Waals surface area (Å²) >= 11 is 0. The Balaban J connectivity index is 3.05. The number of methoxy groups -OCH3 is 2. The molecule has 0 saturated heterocycles. The van der Waals surface area contributed by atoms with Gasteiger partial charge in [0.2, 0.25) is 8.32 Å². The second-order valence-electron chi connectivity index (χ2n) is 6.70. The molecular weight excluding hydrogens is 308 g/mol. The number of carbonyl (C=O) groups excluding carboxylic acids is 1. The number of hydrogen-bond acceptors (Lipinski definition) is 4. The zero-order chi connectivity index (χ0) is 17.5. The predicted molar refractivity (Wildman–Crippen MR) is 95.9 cm³/mol. The van der Waals surface area contributed by atoms with Gasteiger partial charge in [-0.2, -0.15) is 0 Å².